The van der Waals surface area contributed by atoms with E-state index in [1.165, 1.54) is 37.4 Å². The maximum atomic E-state index is 11.3. The Morgan fingerprint density at radius 1 is 0.800 bits per heavy atom. The quantitative estimate of drug-likeness (QED) is 0.366. The van der Waals surface area contributed by atoms with Gasteiger partial charge in [0.1, 0.15) is 5.75 Å². The number of hydrogen-bond acceptors (Lipinski definition) is 7. The van der Waals surface area contributed by atoms with Crippen LogP contribution in [0.15, 0.2) is 48.5 Å². The van der Waals surface area contributed by atoms with Crippen LogP contribution in [0.3, 0.4) is 0 Å². The van der Waals surface area contributed by atoms with Crippen molar-refractivity contribution in [3.8, 4) is 34.5 Å². The fraction of sp³-hybridized carbons (Fsp3) is 0.217. The number of aromatic hydroxyl groups is 5. The number of aliphatic hydroxyl groups is 1. The normalized spacial score (nSPS) is 20.5. The lowest BCUT2D eigenvalue weighted by Crippen LogP contribution is -2.33. The van der Waals surface area contributed by atoms with Crippen molar-refractivity contribution < 1.29 is 35.4 Å². The summed E-state index contributed by atoms with van der Waals surface area (Å²) in [5.41, 5.74) is 2.45. The van der Waals surface area contributed by atoms with Gasteiger partial charge in [0, 0.05) is 17.4 Å². The van der Waals surface area contributed by atoms with Gasteiger partial charge in [-0.3, -0.25) is 0 Å². The molecule has 0 bridgehead atoms. The molecule has 3 aromatic carbocycles. The van der Waals surface area contributed by atoms with Crippen molar-refractivity contribution >= 4 is 0 Å². The third-order valence-corrected chi connectivity index (χ3v) is 5.76. The highest BCUT2D eigenvalue weighted by Gasteiger charge is 2.39. The number of hydrogen-bond donors (Lipinski definition) is 6. The zero-order chi connectivity index (χ0) is 21.6. The number of methoxy groups -OCH3 is 1. The molecule has 7 heteroatoms. The molecule has 3 aromatic rings. The van der Waals surface area contributed by atoms with Crippen LogP contribution >= 0.6 is 0 Å². The summed E-state index contributed by atoms with van der Waals surface area (Å²) in [6, 6.07) is 12.1. The molecule has 4 rings (SSSR count). The van der Waals surface area contributed by atoms with E-state index in [2.05, 4.69) is 0 Å². The van der Waals surface area contributed by atoms with Gasteiger partial charge in [0.2, 0.25) is 5.75 Å². The molecule has 0 saturated carbocycles. The summed E-state index contributed by atoms with van der Waals surface area (Å²) in [6.07, 6.45) is -0.632. The molecule has 3 atom stereocenters. The summed E-state index contributed by atoms with van der Waals surface area (Å²) in [4.78, 5) is 0. The van der Waals surface area contributed by atoms with Crippen molar-refractivity contribution in [3.05, 3.63) is 70.8 Å². The molecule has 6 N–H and O–H groups in total. The van der Waals surface area contributed by atoms with E-state index in [0.717, 1.165) is 11.1 Å². The minimum atomic E-state index is -1.01. The first-order valence-corrected chi connectivity index (χ1v) is 9.42. The second kappa shape index (κ2) is 7.35. The molecule has 0 heterocycles. The van der Waals surface area contributed by atoms with Crippen LogP contribution in [-0.2, 0) is 6.42 Å². The van der Waals surface area contributed by atoms with Crippen molar-refractivity contribution in [3.63, 3.8) is 0 Å². The van der Waals surface area contributed by atoms with Gasteiger partial charge in [-0.2, -0.15) is 0 Å². The predicted octanol–water partition coefficient (Wildman–Crippen LogP) is 3.06. The molecule has 7 nitrogen and oxygen atoms in total. The number of phenols is 5. The van der Waals surface area contributed by atoms with E-state index >= 15 is 0 Å². The first-order chi connectivity index (χ1) is 14.3. The molecule has 0 unspecified atom stereocenters. The molecule has 0 saturated heterocycles. The van der Waals surface area contributed by atoms with Crippen LogP contribution in [0.25, 0.3) is 0 Å². The van der Waals surface area contributed by atoms with Gasteiger partial charge in [0.25, 0.3) is 0 Å². The van der Waals surface area contributed by atoms with Gasteiger partial charge in [0.05, 0.1) is 13.2 Å². The van der Waals surface area contributed by atoms with E-state index in [1.54, 1.807) is 18.2 Å². The van der Waals surface area contributed by atoms with Gasteiger partial charge in [-0.15, -0.1) is 0 Å². The highest BCUT2D eigenvalue weighted by Crippen LogP contribution is 2.50. The van der Waals surface area contributed by atoms with Crippen molar-refractivity contribution in [2.24, 2.45) is 0 Å². The summed E-state index contributed by atoms with van der Waals surface area (Å²) in [5, 5.41) is 61.6. The summed E-state index contributed by atoms with van der Waals surface area (Å²) < 4.78 is 5.11. The largest absolute Gasteiger partial charge is 0.508 e. The molecule has 30 heavy (non-hydrogen) atoms. The number of aliphatic hydroxyl groups excluding tert-OH is 1. The Bertz CT molecular complexity index is 1110. The average Bonchev–Trinajstić information content (AvgIpc) is 2.71. The van der Waals surface area contributed by atoms with Crippen LogP contribution in [0.2, 0.25) is 0 Å². The molecule has 1 aliphatic rings. The van der Waals surface area contributed by atoms with E-state index in [1.807, 2.05) is 0 Å². The molecule has 0 aromatic heterocycles. The van der Waals surface area contributed by atoms with E-state index in [4.69, 9.17) is 4.74 Å². The average molecular weight is 410 g/mol. The number of phenolic OH excluding ortho intramolecular Hbond substituents is 5. The van der Waals surface area contributed by atoms with Crippen LogP contribution in [0, 0.1) is 0 Å². The highest BCUT2D eigenvalue weighted by atomic mass is 16.5. The Kier molecular flexibility index (Phi) is 4.83. The number of fused-ring (bicyclic) bond motifs is 1. The van der Waals surface area contributed by atoms with Crippen LogP contribution in [0.4, 0.5) is 0 Å². The fourth-order valence-corrected chi connectivity index (χ4v) is 4.31. The maximum absolute atomic E-state index is 11.3. The van der Waals surface area contributed by atoms with Gasteiger partial charge in [-0.25, -0.2) is 0 Å². The summed E-state index contributed by atoms with van der Waals surface area (Å²) in [7, 11) is 1.32. The number of ether oxygens (including phenoxy) is 1. The smallest absolute Gasteiger partial charge is 0.203 e. The molecular formula is C23H22O7. The Hall–Kier alpha value is -3.58. The number of rotatable bonds is 3. The minimum Gasteiger partial charge on any atom is -0.508 e. The molecule has 0 radical (unpaired) electrons. The van der Waals surface area contributed by atoms with Gasteiger partial charge in [-0.1, -0.05) is 18.2 Å². The molecule has 0 spiro atoms. The van der Waals surface area contributed by atoms with Crippen molar-refractivity contribution in [2.75, 3.05) is 7.11 Å². The van der Waals surface area contributed by atoms with E-state index < -0.39 is 17.9 Å². The molecule has 1 aliphatic carbocycles. The Labute approximate surface area is 172 Å². The zero-order valence-electron chi connectivity index (χ0n) is 16.1. The number of benzene rings is 3. The topological polar surface area (TPSA) is 131 Å². The van der Waals surface area contributed by atoms with Gasteiger partial charge < -0.3 is 35.4 Å². The molecular weight excluding hydrogens is 388 g/mol. The first-order valence-electron chi connectivity index (χ1n) is 9.42. The molecule has 156 valence electrons. The summed E-state index contributed by atoms with van der Waals surface area (Å²) in [5.74, 6) is -2.27. The van der Waals surface area contributed by atoms with Gasteiger partial charge in [0.15, 0.2) is 23.0 Å². The fourth-order valence-electron chi connectivity index (χ4n) is 4.31. The van der Waals surface area contributed by atoms with Crippen molar-refractivity contribution in [1.82, 2.24) is 0 Å². The lowest BCUT2D eigenvalue weighted by molar-refractivity contribution is 0.116. The van der Waals surface area contributed by atoms with Crippen LogP contribution in [0.1, 0.15) is 34.1 Å². The molecule has 0 aliphatic heterocycles. The van der Waals surface area contributed by atoms with Crippen LogP contribution < -0.4 is 4.74 Å². The predicted molar refractivity (Wildman–Crippen MR) is 108 cm³/mol. The van der Waals surface area contributed by atoms with E-state index in [0.29, 0.717) is 17.5 Å². The van der Waals surface area contributed by atoms with Gasteiger partial charge in [-0.05, 0) is 53.4 Å². The van der Waals surface area contributed by atoms with Crippen LogP contribution in [-0.4, -0.2) is 43.9 Å². The Morgan fingerprint density at radius 2 is 1.50 bits per heavy atom. The third-order valence-electron chi connectivity index (χ3n) is 5.76. The van der Waals surface area contributed by atoms with E-state index in [9.17, 15) is 30.6 Å². The lowest BCUT2D eigenvalue weighted by Gasteiger charge is -2.37. The van der Waals surface area contributed by atoms with Crippen LogP contribution in [0.5, 0.6) is 34.5 Å². The molecule has 0 fully saturated rings. The minimum absolute atomic E-state index is 0.0729. The maximum Gasteiger partial charge on any atom is 0.203 e. The zero-order valence-corrected chi connectivity index (χ0v) is 16.1. The standard InChI is InChI=1S/C23H22O7/c1-30-23-18(26)7-5-15(22(23)29)20-14-4-3-13(24)8-12(14)9-16(21(20)28)11-2-6-17(25)19(27)10-11/h2-8,10,16,20-21,24-29H,9H2,1H3/t16-,20-,21-/m1/s1. The summed E-state index contributed by atoms with van der Waals surface area (Å²) >= 11 is 0. The lowest BCUT2D eigenvalue weighted by atomic mass is 9.69. The highest BCUT2D eigenvalue weighted by molar-refractivity contribution is 5.59. The first kappa shape index (κ1) is 19.7. The summed E-state index contributed by atoms with van der Waals surface area (Å²) in [6.45, 7) is 0. The second-order valence-corrected chi connectivity index (χ2v) is 7.47. The van der Waals surface area contributed by atoms with E-state index in [-0.39, 0.29) is 34.5 Å². The van der Waals surface area contributed by atoms with Gasteiger partial charge >= 0.3 is 0 Å². The molecule has 0 amide bonds. The Balaban J connectivity index is 1.90. The monoisotopic (exact) mass is 410 g/mol. The second-order valence-electron chi connectivity index (χ2n) is 7.47. The van der Waals surface area contributed by atoms with Crippen molar-refractivity contribution in [2.45, 2.75) is 24.4 Å². The third kappa shape index (κ3) is 3.13. The SMILES string of the molecule is COc1c(O)ccc([C@H]2c3ccc(O)cc3C[C@H](c3ccc(O)c(O)c3)[C@H]2O)c1O. The van der Waals surface area contributed by atoms with Crippen molar-refractivity contribution in [1.29, 1.82) is 0 Å². The Morgan fingerprint density at radius 3 is 2.20 bits per heavy atom.